The van der Waals surface area contributed by atoms with Crippen LogP contribution in [0.2, 0.25) is 0 Å². The van der Waals surface area contributed by atoms with Crippen LogP contribution in [-0.2, 0) is 14.8 Å². The molecule has 138 valence electrons. The molecule has 7 nitrogen and oxygen atoms in total. The zero-order valence-corrected chi connectivity index (χ0v) is 15.4. The van der Waals surface area contributed by atoms with Gasteiger partial charge in [0.05, 0.1) is 12.2 Å². The van der Waals surface area contributed by atoms with Gasteiger partial charge < -0.3 is 10.5 Å². The molecule has 0 spiro atoms. The lowest BCUT2D eigenvalue weighted by atomic mass is 10.1. The highest BCUT2D eigenvalue weighted by atomic mass is 35.5. The summed E-state index contributed by atoms with van der Waals surface area (Å²) >= 11 is 0. The highest BCUT2D eigenvalue weighted by molar-refractivity contribution is 7.89. The van der Waals surface area contributed by atoms with Gasteiger partial charge in [-0.15, -0.1) is 12.4 Å². The molecule has 1 aromatic heterocycles. The van der Waals surface area contributed by atoms with E-state index in [9.17, 15) is 8.42 Å². The van der Waals surface area contributed by atoms with Crippen molar-refractivity contribution in [2.24, 2.45) is 5.73 Å². The lowest BCUT2D eigenvalue weighted by Crippen LogP contribution is -2.31. The monoisotopic (exact) mass is 386 g/mol. The van der Waals surface area contributed by atoms with E-state index >= 15 is 0 Å². The zero-order chi connectivity index (χ0) is 17.0. The second-order valence-electron chi connectivity index (χ2n) is 5.87. The van der Waals surface area contributed by atoms with Crippen molar-refractivity contribution >= 4 is 22.4 Å². The fourth-order valence-corrected chi connectivity index (χ4v) is 3.71. The van der Waals surface area contributed by atoms with Crippen LogP contribution in [0.3, 0.4) is 0 Å². The molecule has 9 heteroatoms. The molecule has 1 aliphatic rings. The maximum Gasteiger partial charge on any atom is 0.243 e. The van der Waals surface area contributed by atoms with Crippen LogP contribution in [0.1, 0.15) is 30.5 Å². The van der Waals surface area contributed by atoms with Gasteiger partial charge in [0.15, 0.2) is 0 Å². The van der Waals surface area contributed by atoms with Crippen molar-refractivity contribution in [1.29, 1.82) is 0 Å². The number of rotatable bonds is 6. The number of aromatic nitrogens is 2. The fraction of sp³-hybridized carbons (Fsp3) is 0.438. The predicted molar refractivity (Wildman–Crippen MR) is 97.1 cm³/mol. The van der Waals surface area contributed by atoms with E-state index in [1.54, 1.807) is 10.9 Å². The van der Waals surface area contributed by atoms with Gasteiger partial charge in [-0.25, -0.2) is 13.1 Å². The number of nitrogens with zero attached hydrogens (tertiary/aromatic N) is 2. The molecule has 3 N–H and O–H groups in total. The maximum atomic E-state index is 12.4. The van der Waals surface area contributed by atoms with E-state index in [1.165, 1.54) is 6.20 Å². The van der Waals surface area contributed by atoms with Crippen LogP contribution < -0.4 is 10.5 Å². The van der Waals surface area contributed by atoms with Gasteiger partial charge in [-0.3, -0.25) is 4.68 Å². The van der Waals surface area contributed by atoms with Crippen molar-refractivity contribution in [3.63, 3.8) is 0 Å². The molecule has 1 fully saturated rings. The Kier molecular flexibility index (Phi) is 6.97. The Morgan fingerprint density at radius 2 is 1.96 bits per heavy atom. The molecule has 0 radical (unpaired) electrons. The summed E-state index contributed by atoms with van der Waals surface area (Å²) in [5.74, 6) is 0. The third-order valence-corrected chi connectivity index (χ3v) is 5.55. The normalized spacial score (nSPS) is 17.0. The summed E-state index contributed by atoms with van der Waals surface area (Å²) in [6, 6.07) is 9.19. The third kappa shape index (κ3) is 5.02. The quantitative estimate of drug-likeness (QED) is 0.786. The van der Waals surface area contributed by atoms with E-state index in [2.05, 4.69) is 9.82 Å². The molecule has 0 amide bonds. The number of benzene rings is 1. The van der Waals surface area contributed by atoms with Crippen LogP contribution >= 0.6 is 12.4 Å². The molecule has 1 aromatic carbocycles. The van der Waals surface area contributed by atoms with Crippen LogP contribution in [0.5, 0.6) is 0 Å². The molecule has 0 bridgehead atoms. The molecule has 25 heavy (non-hydrogen) atoms. The summed E-state index contributed by atoms with van der Waals surface area (Å²) in [4.78, 5) is 0.161. The molecule has 1 saturated heterocycles. The molecule has 1 unspecified atom stereocenters. The van der Waals surface area contributed by atoms with Gasteiger partial charge in [-0.05, 0) is 18.4 Å². The number of halogens is 1. The maximum absolute atomic E-state index is 12.4. The molecule has 1 aliphatic heterocycles. The first-order valence-corrected chi connectivity index (χ1v) is 9.47. The molecule has 3 rings (SSSR count). The summed E-state index contributed by atoms with van der Waals surface area (Å²) < 4.78 is 34.4. The minimum atomic E-state index is -3.63. The number of hydrogen-bond donors (Lipinski definition) is 2. The molecule has 1 atom stereocenters. The number of sulfonamides is 1. The van der Waals surface area contributed by atoms with E-state index in [-0.39, 0.29) is 29.9 Å². The minimum absolute atomic E-state index is 0. The molecule has 0 saturated carbocycles. The van der Waals surface area contributed by atoms with E-state index in [0.717, 1.165) is 18.4 Å². The topological polar surface area (TPSA) is 99.2 Å². The van der Waals surface area contributed by atoms with Gasteiger partial charge in [0.2, 0.25) is 10.0 Å². The Hall–Kier alpha value is -1.45. The zero-order valence-electron chi connectivity index (χ0n) is 13.7. The van der Waals surface area contributed by atoms with Gasteiger partial charge in [0.25, 0.3) is 0 Å². The van der Waals surface area contributed by atoms with E-state index in [1.807, 2.05) is 30.3 Å². The van der Waals surface area contributed by atoms with E-state index in [4.69, 9.17) is 10.5 Å². The van der Waals surface area contributed by atoms with Crippen LogP contribution in [0.25, 0.3) is 0 Å². The predicted octanol–water partition coefficient (Wildman–Crippen LogP) is 1.63. The SMILES string of the molecule is Cl.NC(CNS(=O)(=O)c1cnn(C2CCOCC2)c1)c1ccccc1. The first kappa shape index (κ1) is 19.9. The molecule has 2 aromatic rings. The molecule has 0 aliphatic carbocycles. The second kappa shape index (κ2) is 8.77. The van der Waals surface area contributed by atoms with Gasteiger partial charge in [0.1, 0.15) is 4.90 Å². The van der Waals surface area contributed by atoms with Crippen LogP contribution in [-0.4, -0.2) is 38.0 Å². The summed E-state index contributed by atoms with van der Waals surface area (Å²) in [6.45, 7) is 1.49. The Morgan fingerprint density at radius 1 is 1.28 bits per heavy atom. The van der Waals surface area contributed by atoms with E-state index < -0.39 is 16.1 Å². The summed E-state index contributed by atoms with van der Waals surface area (Å²) in [7, 11) is -3.63. The van der Waals surface area contributed by atoms with E-state index in [0.29, 0.717) is 13.2 Å². The minimum Gasteiger partial charge on any atom is -0.381 e. The number of hydrogen-bond acceptors (Lipinski definition) is 5. The molecular weight excluding hydrogens is 364 g/mol. The van der Waals surface area contributed by atoms with Crippen molar-refractivity contribution in [3.8, 4) is 0 Å². The smallest absolute Gasteiger partial charge is 0.243 e. The first-order valence-electron chi connectivity index (χ1n) is 7.98. The highest BCUT2D eigenvalue weighted by Crippen LogP contribution is 2.21. The lowest BCUT2D eigenvalue weighted by molar-refractivity contribution is 0.0662. The number of nitrogens with two attached hydrogens (primary N) is 1. The van der Waals surface area contributed by atoms with Gasteiger partial charge in [-0.2, -0.15) is 5.10 Å². The third-order valence-electron chi connectivity index (χ3n) is 4.17. The first-order chi connectivity index (χ1) is 11.6. The number of nitrogens with one attached hydrogen (secondary N) is 1. The molecular formula is C16H23ClN4O3S. The average molecular weight is 387 g/mol. The van der Waals surface area contributed by atoms with Gasteiger partial charge in [-0.1, -0.05) is 30.3 Å². The molecule has 2 heterocycles. The number of ether oxygens (including phenoxy) is 1. The average Bonchev–Trinajstić information content (AvgIpc) is 3.12. The van der Waals surface area contributed by atoms with Gasteiger partial charge in [0, 0.05) is 32.0 Å². The van der Waals surface area contributed by atoms with Crippen molar-refractivity contribution in [1.82, 2.24) is 14.5 Å². The lowest BCUT2D eigenvalue weighted by Gasteiger charge is -2.22. The second-order valence-corrected chi connectivity index (χ2v) is 7.64. The standard InChI is InChI=1S/C16H22N4O3S.ClH/c17-16(13-4-2-1-3-5-13)11-19-24(21,22)15-10-18-20(12-15)14-6-8-23-9-7-14;/h1-5,10,12,14,16,19H,6-9,11,17H2;1H. The van der Waals surface area contributed by atoms with Crippen molar-refractivity contribution in [2.75, 3.05) is 19.8 Å². The fourth-order valence-electron chi connectivity index (χ4n) is 2.71. The Labute approximate surface area is 154 Å². The Bertz CT molecular complexity index is 761. The largest absolute Gasteiger partial charge is 0.381 e. The van der Waals surface area contributed by atoms with Crippen LogP contribution in [0.4, 0.5) is 0 Å². The van der Waals surface area contributed by atoms with Crippen LogP contribution in [0, 0.1) is 0 Å². The summed E-state index contributed by atoms with van der Waals surface area (Å²) in [5.41, 5.74) is 6.93. The van der Waals surface area contributed by atoms with Crippen LogP contribution in [0.15, 0.2) is 47.6 Å². The van der Waals surface area contributed by atoms with Crippen molar-refractivity contribution in [2.45, 2.75) is 29.8 Å². The van der Waals surface area contributed by atoms with Crippen molar-refractivity contribution in [3.05, 3.63) is 48.3 Å². The Morgan fingerprint density at radius 3 is 2.64 bits per heavy atom. The van der Waals surface area contributed by atoms with Gasteiger partial charge >= 0.3 is 0 Å². The van der Waals surface area contributed by atoms with Crippen molar-refractivity contribution < 1.29 is 13.2 Å². The Balaban J connectivity index is 0.00000225. The highest BCUT2D eigenvalue weighted by Gasteiger charge is 2.21. The summed E-state index contributed by atoms with van der Waals surface area (Å²) in [6.07, 6.45) is 4.64. The summed E-state index contributed by atoms with van der Waals surface area (Å²) in [5, 5.41) is 4.20.